The molecule has 2 aromatic rings. The Hall–Kier alpha value is -0.770. The van der Waals surface area contributed by atoms with Gasteiger partial charge in [0.2, 0.25) is 0 Å². The lowest BCUT2D eigenvalue weighted by molar-refractivity contribution is 0.0982. The van der Waals surface area contributed by atoms with E-state index in [1.165, 1.54) is 16.0 Å². The topological polar surface area (TPSA) is 9.23 Å². The van der Waals surface area contributed by atoms with Crippen molar-refractivity contribution in [2.45, 2.75) is 25.3 Å². The van der Waals surface area contributed by atoms with E-state index in [1.54, 1.807) is 0 Å². The third-order valence-corrected chi connectivity index (χ3v) is 5.01. The van der Waals surface area contributed by atoms with Crippen molar-refractivity contribution in [1.29, 1.82) is 0 Å². The van der Waals surface area contributed by atoms with E-state index in [1.807, 2.05) is 11.8 Å². The third-order valence-electron chi connectivity index (χ3n) is 3.14. The molecule has 2 rings (SSSR count). The molecule has 0 aliphatic rings. The number of rotatable bonds is 7. The first-order valence-corrected chi connectivity index (χ1v) is 8.93. The van der Waals surface area contributed by atoms with Gasteiger partial charge in [-0.05, 0) is 42.7 Å². The van der Waals surface area contributed by atoms with Gasteiger partial charge in [0.15, 0.2) is 0 Å². The zero-order valence-corrected chi connectivity index (χ0v) is 14.9. The van der Waals surface area contributed by atoms with Crippen LogP contribution in [0.1, 0.15) is 18.1 Å². The van der Waals surface area contributed by atoms with Crippen molar-refractivity contribution < 1.29 is 4.74 Å². The number of benzene rings is 2. The smallest absolute Gasteiger partial charge is 0.0717 e. The second kappa shape index (κ2) is 8.62. The summed E-state index contributed by atoms with van der Waals surface area (Å²) < 4.78 is 6.93. The number of aryl methyl sites for hydroxylation is 1. The standard InChI is InChI=1S/C18H21BrOS/c1-14-3-5-16(6-4-14)12-20-11-15(2)13-21-18-9-7-17(19)8-10-18/h3-10,15H,11-13H2,1-2H3. The van der Waals surface area contributed by atoms with Crippen LogP contribution in [0, 0.1) is 12.8 Å². The highest BCUT2D eigenvalue weighted by Gasteiger charge is 2.04. The summed E-state index contributed by atoms with van der Waals surface area (Å²) in [6.07, 6.45) is 0. The molecule has 0 spiro atoms. The summed E-state index contributed by atoms with van der Waals surface area (Å²) >= 11 is 5.34. The zero-order valence-electron chi connectivity index (χ0n) is 12.5. The maximum Gasteiger partial charge on any atom is 0.0717 e. The van der Waals surface area contributed by atoms with E-state index in [2.05, 4.69) is 78.3 Å². The van der Waals surface area contributed by atoms with Gasteiger partial charge in [0.25, 0.3) is 0 Å². The molecule has 1 atom stereocenters. The van der Waals surface area contributed by atoms with E-state index in [0.717, 1.165) is 16.8 Å². The molecule has 1 nitrogen and oxygen atoms in total. The number of hydrogen-bond acceptors (Lipinski definition) is 2. The Bertz CT molecular complexity index is 536. The predicted molar refractivity (Wildman–Crippen MR) is 94.9 cm³/mol. The van der Waals surface area contributed by atoms with Crippen molar-refractivity contribution in [2.24, 2.45) is 5.92 Å². The zero-order chi connectivity index (χ0) is 15.1. The predicted octanol–water partition coefficient (Wildman–Crippen LogP) is 5.70. The molecular weight excluding hydrogens is 344 g/mol. The molecule has 0 fully saturated rings. The van der Waals surface area contributed by atoms with E-state index >= 15 is 0 Å². The van der Waals surface area contributed by atoms with Gasteiger partial charge in [0.05, 0.1) is 13.2 Å². The molecule has 0 N–H and O–H groups in total. The van der Waals surface area contributed by atoms with E-state index in [0.29, 0.717) is 12.5 Å². The average Bonchev–Trinajstić information content (AvgIpc) is 2.49. The summed E-state index contributed by atoms with van der Waals surface area (Å²) in [7, 11) is 0. The molecule has 0 saturated carbocycles. The molecule has 0 bridgehead atoms. The second-order valence-electron chi connectivity index (χ2n) is 5.37. The van der Waals surface area contributed by atoms with Gasteiger partial charge in [-0.1, -0.05) is 52.7 Å². The molecule has 0 heterocycles. The maximum atomic E-state index is 5.81. The van der Waals surface area contributed by atoms with Crippen molar-refractivity contribution in [3.8, 4) is 0 Å². The van der Waals surface area contributed by atoms with Crippen LogP contribution in [0.3, 0.4) is 0 Å². The Labute approximate surface area is 140 Å². The number of thioether (sulfide) groups is 1. The van der Waals surface area contributed by atoms with Crippen LogP contribution < -0.4 is 0 Å². The quantitative estimate of drug-likeness (QED) is 0.582. The van der Waals surface area contributed by atoms with Crippen molar-refractivity contribution >= 4 is 27.7 Å². The molecule has 0 aromatic heterocycles. The van der Waals surface area contributed by atoms with Gasteiger partial charge in [-0.25, -0.2) is 0 Å². The van der Waals surface area contributed by atoms with Crippen LogP contribution >= 0.6 is 27.7 Å². The van der Waals surface area contributed by atoms with Gasteiger partial charge >= 0.3 is 0 Å². The Morgan fingerprint density at radius 3 is 2.38 bits per heavy atom. The lowest BCUT2D eigenvalue weighted by Gasteiger charge is -2.12. The van der Waals surface area contributed by atoms with Crippen LogP contribution in [-0.2, 0) is 11.3 Å². The van der Waals surface area contributed by atoms with E-state index < -0.39 is 0 Å². The number of ether oxygens (including phenoxy) is 1. The van der Waals surface area contributed by atoms with Crippen molar-refractivity contribution in [3.63, 3.8) is 0 Å². The van der Waals surface area contributed by atoms with E-state index in [9.17, 15) is 0 Å². The average molecular weight is 365 g/mol. The fraction of sp³-hybridized carbons (Fsp3) is 0.333. The van der Waals surface area contributed by atoms with Crippen LogP contribution in [0.2, 0.25) is 0 Å². The summed E-state index contributed by atoms with van der Waals surface area (Å²) in [6.45, 7) is 5.85. The first-order chi connectivity index (χ1) is 10.1. The van der Waals surface area contributed by atoms with Crippen molar-refractivity contribution in [3.05, 3.63) is 64.1 Å². The first-order valence-electron chi connectivity index (χ1n) is 7.15. The number of hydrogen-bond donors (Lipinski definition) is 0. The minimum Gasteiger partial charge on any atom is -0.376 e. The Kier molecular flexibility index (Phi) is 6.81. The Balaban J connectivity index is 1.66. The van der Waals surface area contributed by atoms with Gasteiger partial charge in [-0.3, -0.25) is 0 Å². The summed E-state index contributed by atoms with van der Waals surface area (Å²) in [4.78, 5) is 1.31. The highest BCUT2D eigenvalue weighted by molar-refractivity contribution is 9.10. The van der Waals surface area contributed by atoms with Gasteiger partial charge in [-0.2, -0.15) is 0 Å². The molecule has 2 aromatic carbocycles. The summed E-state index contributed by atoms with van der Waals surface area (Å²) in [5.74, 6) is 1.62. The van der Waals surface area contributed by atoms with Crippen molar-refractivity contribution in [2.75, 3.05) is 12.4 Å². The molecule has 0 aliphatic carbocycles. The molecular formula is C18H21BrOS. The molecule has 0 amide bonds. The molecule has 112 valence electrons. The van der Waals surface area contributed by atoms with Gasteiger partial charge in [0.1, 0.15) is 0 Å². The normalized spacial score (nSPS) is 12.3. The van der Waals surface area contributed by atoms with Crippen molar-refractivity contribution in [1.82, 2.24) is 0 Å². The van der Waals surface area contributed by atoms with Crippen LogP contribution in [0.4, 0.5) is 0 Å². The van der Waals surface area contributed by atoms with Crippen LogP contribution in [-0.4, -0.2) is 12.4 Å². The highest BCUT2D eigenvalue weighted by Crippen LogP contribution is 2.23. The number of halogens is 1. The molecule has 0 aliphatic heterocycles. The van der Waals surface area contributed by atoms with Crippen LogP contribution in [0.25, 0.3) is 0 Å². The monoisotopic (exact) mass is 364 g/mol. The third kappa shape index (κ3) is 6.25. The maximum absolute atomic E-state index is 5.81. The second-order valence-corrected chi connectivity index (χ2v) is 7.38. The minimum atomic E-state index is 0.545. The summed E-state index contributed by atoms with van der Waals surface area (Å²) in [6, 6.07) is 17.0. The lowest BCUT2D eigenvalue weighted by atomic mass is 10.2. The van der Waals surface area contributed by atoms with Gasteiger partial charge < -0.3 is 4.74 Å². The molecule has 3 heteroatoms. The first kappa shape index (κ1) is 16.6. The van der Waals surface area contributed by atoms with E-state index in [4.69, 9.17) is 4.74 Å². The SMILES string of the molecule is Cc1ccc(COCC(C)CSc2ccc(Br)cc2)cc1. The molecule has 1 unspecified atom stereocenters. The molecule has 21 heavy (non-hydrogen) atoms. The van der Waals surface area contributed by atoms with E-state index in [-0.39, 0.29) is 0 Å². The Morgan fingerprint density at radius 1 is 1.05 bits per heavy atom. The minimum absolute atomic E-state index is 0.545. The largest absolute Gasteiger partial charge is 0.376 e. The summed E-state index contributed by atoms with van der Waals surface area (Å²) in [5, 5.41) is 0. The highest BCUT2D eigenvalue weighted by atomic mass is 79.9. The fourth-order valence-corrected chi connectivity index (χ4v) is 3.05. The van der Waals surface area contributed by atoms with Crippen LogP contribution in [0.5, 0.6) is 0 Å². The van der Waals surface area contributed by atoms with Gasteiger partial charge in [0, 0.05) is 15.1 Å². The fourth-order valence-electron chi connectivity index (χ4n) is 1.88. The lowest BCUT2D eigenvalue weighted by Crippen LogP contribution is -2.08. The molecule has 0 radical (unpaired) electrons. The molecule has 0 saturated heterocycles. The van der Waals surface area contributed by atoms with Crippen LogP contribution in [0.15, 0.2) is 57.9 Å². The van der Waals surface area contributed by atoms with Gasteiger partial charge in [-0.15, -0.1) is 11.8 Å². The Morgan fingerprint density at radius 2 is 1.71 bits per heavy atom. The summed E-state index contributed by atoms with van der Waals surface area (Å²) in [5.41, 5.74) is 2.53.